The van der Waals surface area contributed by atoms with Gasteiger partial charge in [-0.15, -0.1) is 0 Å². The van der Waals surface area contributed by atoms with E-state index in [4.69, 9.17) is 9.84 Å². The van der Waals surface area contributed by atoms with Crippen molar-refractivity contribution in [1.29, 1.82) is 0 Å². The Balaban J connectivity index is 2.32. The van der Waals surface area contributed by atoms with Crippen LogP contribution in [0.2, 0.25) is 0 Å². The van der Waals surface area contributed by atoms with Crippen molar-refractivity contribution in [1.82, 2.24) is 0 Å². The largest absolute Gasteiger partial charge is 0.396 e. The highest BCUT2D eigenvalue weighted by atomic mass is 16.5. The van der Waals surface area contributed by atoms with Gasteiger partial charge in [-0.25, -0.2) is 0 Å². The molecule has 0 heterocycles. The Labute approximate surface area is 116 Å². The minimum Gasteiger partial charge on any atom is -0.396 e. The Morgan fingerprint density at radius 3 is 2.63 bits per heavy atom. The van der Waals surface area contributed by atoms with E-state index in [9.17, 15) is 0 Å². The van der Waals surface area contributed by atoms with Crippen molar-refractivity contribution in [3.8, 4) is 0 Å². The molecule has 0 aliphatic carbocycles. The lowest BCUT2D eigenvalue weighted by Gasteiger charge is -2.03. The first-order valence-corrected chi connectivity index (χ1v) is 6.82. The third kappa shape index (κ3) is 7.60. The summed E-state index contributed by atoms with van der Waals surface area (Å²) in [7, 11) is 0. The molecular weight excluding hydrogens is 236 g/mol. The van der Waals surface area contributed by atoms with Crippen LogP contribution in [-0.4, -0.2) is 18.3 Å². The molecule has 1 rings (SSSR count). The zero-order valence-electron chi connectivity index (χ0n) is 11.9. The van der Waals surface area contributed by atoms with Crippen LogP contribution in [0.5, 0.6) is 0 Å². The molecule has 0 radical (unpaired) electrons. The molecule has 1 aromatic rings. The second kappa shape index (κ2) is 9.54. The fourth-order valence-corrected chi connectivity index (χ4v) is 1.80. The second-order valence-electron chi connectivity index (χ2n) is 4.86. The Bertz CT molecular complexity index is 391. The summed E-state index contributed by atoms with van der Waals surface area (Å²) in [4.78, 5) is 0. The van der Waals surface area contributed by atoms with Gasteiger partial charge in [0.05, 0.1) is 13.2 Å². The number of hydrogen-bond acceptors (Lipinski definition) is 2. The Morgan fingerprint density at radius 1 is 1.26 bits per heavy atom. The Kier molecular flexibility index (Phi) is 7.87. The lowest BCUT2D eigenvalue weighted by molar-refractivity contribution is 0.148. The van der Waals surface area contributed by atoms with Gasteiger partial charge < -0.3 is 9.84 Å². The number of rotatable bonds is 8. The quantitative estimate of drug-likeness (QED) is 0.570. The first-order valence-electron chi connectivity index (χ1n) is 6.82. The molecule has 19 heavy (non-hydrogen) atoms. The van der Waals surface area contributed by atoms with Gasteiger partial charge in [-0.1, -0.05) is 62.4 Å². The lowest BCUT2D eigenvalue weighted by Crippen LogP contribution is -1.93. The van der Waals surface area contributed by atoms with E-state index in [1.54, 1.807) is 0 Å². The summed E-state index contributed by atoms with van der Waals surface area (Å²) in [5.74, 6) is 0.497. The molecule has 1 N–H and O–H groups in total. The van der Waals surface area contributed by atoms with Crippen molar-refractivity contribution in [2.24, 2.45) is 5.92 Å². The fraction of sp³-hybridized carbons (Fsp3) is 0.412. The molecule has 0 fully saturated rings. The summed E-state index contributed by atoms with van der Waals surface area (Å²) in [6.07, 6.45) is 6.92. The molecule has 1 aromatic carbocycles. The van der Waals surface area contributed by atoms with Crippen LogP contribution >= 0.6 is 0 Å². The molecule has 0 atom stereocenters. The van der Waals surface area contributed by atoms with E-state index in [2.05, 4.69) is 32.1 Å². The van der Waals surface area contributed by atoms with Gasteiger partial charge in [-0.3, -0.25) is 0 Å². The van der Waals surface area contributed by atoms with Gasteiger partial charge in [0, 0.05) is 6.61 Å². The lowest BCUT2D eigenvalue weighted by atomic mass is 10.1. The molecule has 0 amide bonds. The van der Waals surface area contributed by atoms with Crippen LogP contribution in [0, 0.1) is 5.92 Å². The maximum absolute atomic E-state index is 8.99. The number of aliphatic hydroxyl groups is 1. The topological polar surface area (TPSA) is 29.5 Å². The molecule has 2 heteroatoms. The van der Waals surface area contributed by atoms with Crippen molar-refractivity contribution >= 4 is 0 Å². The summed E-state index contributed by atoms with van der Waals surface area (Å²) in [5.41, 5.74) is 2.35. The minimum atomic E-state index is 0.188. The van der Waals surface area contributed by atoms with Crippen LogP contribution in [0.15, 0.2) is 54.1 Å². The Morgan fingerprint density at radius 2 is 2.00 bits per heavy atom. The molecule has 104 valence electrons. The third-order valence-electron chi connectivity index (χ3n) is 2.61. The van der Waals surface area contributed by atoms with E-state index in [0.717, 1.165) is 0 Å². The highest BCUT2D eigenvalue weighted by Crippen LogP contribution is 2.08. The Hall–Kier alpha value is -1.38. The van der Waals surface area contributed by atoms with E-state index in [1.807, 2.05) is 30.4 Å². The molecule has 0 saturated heterocycles. The first-order chi connectivity index (χ1) is 9.22. The van der Waals surface area contributed by atoms with Crippen LogP contribution in [0.1, 0.15) is 25.8 Å². The molecule has 0 aromatic heterocycles. The summed E-state index contributed by atoms with van der Waals surface area (Å²) < 4.78 is 5.58. The average molecular weight is 260 g/mol. The summed E-state index contributed by atoms with van der Waals surface area (Å²) in [6, 6.07) is 10.1. The van der Waals surface area contributed by atoms with Crippen LogP contribution < -0.4 is 0 Å². The van der Waals surface area contributed by atoms with E-state index >= 15 is 0 Å². The van der Waals surface area contributed by atoms with Crippen molar-refractivity contribution in [2.75, 3.05) is 13.2 Å². The molecule has 0 aliphatic rings. The van der Waals surface area contributed by atoms with Crippen molar-refractivity contribution in [2.45, 2.75) is 26.9 Å². The predicted octanol–water partition coefficient (Wildman–Crippen LogP) is 3.72. The van der Waals surface area contributed by atoms with Crippen LogP contribution in [0.4, 0.5) is 0 Å². The fourth-order valence-electron chi connectivity index (χ4n) is 1.80. The van der Waals surface area contributed by atoms with Crippen LogP contribution in [0.3, 0.4) is 0 Å². The van der Waals surface area contributed by atoms with Crippen LogP contribution in [0.25, 0.3) is 0 Å². The average Bonchev–Trinajstić information content (AvgIpc) is 2.39. The van der Waals surface area contributed by atoms with Gasteiger partial charge in [-0.05, 0) is 23.5 Å². The van der Waals surface area contributed by atoms with Crippen LogP contribution in [-0.2, 0) is 11.3 Å². The molecule has 0 unspecified atom stereocenters. The van der Waals surface area contributed by atoms with E-state index in [0.29, 0.717) is 25.6 Å². The number of benzene rings is 1. The normalized spacial score (nSPS) is 12.5. The highest BCUT2D eigenvalue weighted by molar-refractivity contribution is 5.19. The zero-order chi connectivity index (χ0) is 13.9. The van der Waals surface area contributed by atoms with E-state index in [-0.39, 0.29) is 6.61 Å². The predicted molar refractivity (Wildman–Crippen MR) is 79.9 cm³/mol. The SMILES string of the molecule is CC(C)/C=C(\C=C\COCc1ccccc1)CCO. The number of ether oxygens (including phenoxy) is 1. The minimum absolute atomic E-state index is 0.188. The summed E-state index contributed by atoms with van der Waals surface area (Å²) in [5, 5.41) is 8.99. The summed E-state index contributed by atoms with van der Waals surface area (Å²) >= 11 is 0. The number of hydrogen-bond donors (Lipinski definition) is 1. The van der Waals surface area contributed by atoms with Gasteiger partial charge in [-0.2, -0.15) is 0 Å². The molecule has 0 bridgehead atoms. The molecule has 0 aliphatic heterocycles. The summed E-state index contributed by atoms with van der Waals surface area (Å²) in [6.45, 7) is 5.69. The monoisotopic (exact) mass is 260 g/mol. The zero-order valence-corrected chi connectivity index (χ0v) is 11.9. The van der Waals surface area contributed by atoms with Gasteiger partial charge in [0.1, 0.15) is 0 Å². The highest BCUT2D eigenvalue weighted by Gasteiger charge is 1.94. The molecular formula is C17H24O2. The van der Waals surface area contributed by atoms with Gasteiger partial charge >= 0.3 is 0 Å². The second-order valence-corrected chi connectivity index (χ2v) is 4.86. The standard InChI is InChI=1S/C17H24O2/c1-15(2)13-16(10-11-18)9-6-12-19-14-17-7-4-3-5-8-17/h3-9,13,15,18H,10-12,14H2,1-2H3/b9-6+,16-13+. The first kappa shape index (κ1) is 15.7. The van der Waals surface area contributed by atoms with Gasteiger partial charge in [0.25, 0.3) is 0 Å². The van der Waals surface area contributed by atoms with Crippen molar-refractivity contribution < 1.29 is 9.84 Å². The van der Waals surface area contributed by atoms with E-state index < -0.39 is 0 Å². The number of allylic oxidation sites excluding steroid dienone is 2. The molecule has 0 saturated carbocycles. The van der Waals surface area contributed by atoms with Gasteiger partial charge in [0.2, 0.25) is 0 Å². The smallest absolute Gasteiger partial charge is 0.0721 e. The van der Waals surface area contributed by atoms with E-state index in [1.165, 1.54) is 11.1 Å². The number of aliphatic hydroxyl groups excluding tert-OH is 1. The van der Waals surface area contributed by atoms with Crippen molar-refractivity contribution in [3.05, 3.63) is 59.7 Å². The molecule has 2 nitrogen and oxygen atoms in total. The molecule has 0 spiro atoms. The third-order valence-corrected chi connectivity index (χ3v) is 2.61. The maximum atomic E-state index is 8.99. The van der Waals surface area contributed by atoms with Crippen molar-refractivity contribution in [3.63, 3.8) is 0 Å². The van der Waals surface area contributed by atoms with Gasteiger partial charge in [0.15, 0.2) is 0 Å². The maximum Gasteiger partial charge on any atom is 0.0721 e.